The molecule has 0 fully saturated rings. The van der Waals surface area contributed by atoms with E-state index in [2.05, 4.69) is 15.5 Å². The van der Waals surface area contributed by atoms with Crippen LogP contribution in [0, 0.1) is 17.1 Å². The van der Waals surface area contributed by atoms with E-state index in [9.17, 15) is 9.18 Å². The Morgan fingerprint density at radius 1 is 1.33 bits per heavy atom. The van der Waals surface area contributed by atoms with Gasteiger partial charge in [0.05, 0.1) is 35.3 Å². The number of nitrogens with one attached hydrogen (secondary N) is 1. The van der Waals surface area contributed by atoms with Gasteiger partial charge in [0.25, 0.3) is 5.91 Å². The molecule has 1 aromatic carbocycles. The average molecular weight is 242 g/mol. The standard InChI is InChI=1S/C12H7FN4O/c13-11-2-1-8(6-14)5-10(11)12(18)17-9-3-4-15-16-7-9/h1-5,7H,(H,15,17,18). The minimum Gasteiger partial charge on any atom is -0.320 e. The second-order valence-corrected chi connectivity index (χ2v) is 3.39. The molecule has 1 aromatic heterocycles. The maximum Gasteiger partial charge on any atom is 0.258 e. The largest absolute Gasteiger partial charge is 0.320 e. The van der Waals surface area contributed by atoms with Gasteiger partial charge in [0, 0.05) is 0 Å². The first-order valence-electron chi connectivity index (χ1n) is 4.98. The lowest BCUT2D eigenvalue weighted by molar-refractivity contribution is 0.102. The van der Waals surface area contributed by atoms with Crippen LogP contribution in [-0.4, -0.2) is 16.1 Å². The van der Waals surface area contributed by atoms with Gasteiger partial charge in [-0.15, -0.1) is 0 Å². The van der Waals surface area contributed by atoms with Gasteiger partial charge in [0.2, 0.25) is 0 Å². The molecule has 0 bridgehead atoms. The van der Waals surface area contributed by atoms with Gasteiger partial charge < -0.3 is 5.32 Å². The van der Waals surface area contributed by atoms with Crippen molar-refractivity contribution in [1.29, 1.82) is 5.26 Å². The van der Waals surface area contributed by atoms with Crippen molar-refractivity contribution in [2.45, 2.75) is 0 Å². The summed E-state index contributed by atoms with van der Waals surface area (Å²) in [4.78, 5) is 11.8. The Kier molecular flexibility index (Phi) is 3.25. The number of aromatic nitrogens is 2. The van der Waals surface area contributed by atoms with Crippen LogP contribution in [-0.2, 0) is 0 Å². The van der Waals surface area contributed by atoms with Crippen LogP contribution >= 0.6 is 0 Å². The molecule has 0 unspecified atom stereocenters. The molecule has 0 aliphatic heterocycles. The SMILES string of the molecule is N#Cc1ccc(F)c(C(=O)Nc2ccnnc2)c1. The molecule has 0 saturated carbocycles. The maximum atomic E-state index is 13.5. The van der Waals surface area contributed by atoms with Crippen molar-refractivity contribution in [3.8, 4) is 6.07 Å². The topological polar surface area (TPSA) is 78.7 Å². The molecule has 6 heteroatoms. The number of anilines is 1. The van der Waals surface area contributed by atoms with Gasteiger partial charge in [-0.25, -0.2) is 4.39 Å². The molecule has 1 heterocycles. The van der Waals surface area contributed by atoms with Gasteiger partial charge in [-0.1, -0.05) is 0 Å². The predicted octanol–water partition coefficient (Wildman–Crippen LogP) is 1.74. The molecule has 0 aliphatic rings. The molecule has 0 radical (unpaired) electrons. The highest BCUT2D eigenvalue weighted by atomic mass is 19.1. The fraction of sp³-hybridized carbons (Fsp3) is 0. The summed E-state index contributed by atoms with van der Waals surface area (Å²) in [6.45, 7) is 0. The highest BCUT2D eigenvalue weighted by molar-refractivity contribution is 6.04. The number of nitriles is 1. The number of nitrogens with zero attached hydrogens (tertiary/aromatic N) is 3. The van der Waals surface area contributed by atoms with Crippen molar-refractivity contribution >= 4 is 11.6 Å². The van der Waals surface area contributed by atoms with Gasteiger partial charge >= 0.3 is 0 Å². The van der Waals surface area contributed by atoms with Crippen LogP contribution in [0.25, 0.3) is 0 Å². The molecule has 0 aliphatic carbocycles. The predicted molar refractivity (Wildman–Crippen MR) is 61.1 cm³/mol. The van der Waals surface area contributed by atoms with E-state index in [4.69, 9.17) is 5.26 Å². The summed E-state index contributed by atoms with van der Waals surface area (Å²) in [5, 5.41) is 18.3. The average Bonchev–Trinajstić information content (AvgIpc) is 2.40. The van der Waals surface area contributed by atoms with Gasteiger partial charge in [0.1, 0.15) is 5.82 Å². The summed E-state index contributed by atoms with van der Waals surface area (Å²) in [6.07, 6.45) is 2.74. The number of benzene rings is 1. The summed E-state index contributed by atoms with van der Waals surface area (Å²) >= 11 is 0. The van der Waals surface area contributed by atoms with Gasteiger partial charge in [-0.2, -0.15) is 15.5 Å². The lowest BCUT2D eigenvalue weighted by Gasteiger charge is -2.05. The zero-order valence-electron chi connectivity index (χ0n) is 9.09. The molecule has 1 amide bonds. The second-order valence-electron chi connectivity index (χ2n) is 3.39. The van der Waals surface area contributed by atoms with Crippen molar-refractivity contribution < 1.29 is 9.18 Å². The maximum absolute atomic E-state index is 13.5. The van der Waals surface area contributed by atoms with E-state index in [-0.39, 0.29) is 11.1 Å². The Balaban J connectivity index is 2.27. The second kappa shape index (κ2) is 5.01. The fourth-order valence-electron chi connectivity index (χ4n) is 1.33. The van der Waals surface area contributed by atoms with Crippen LogP contribution in [0.3, 0.4) is 0 Å². The lowest BCUT2D eigenvalue weighted by Crippen LogP contribution is -2.14. The summed E-state index contributed by atoms with van der Waals surface area (Å²) in [7, 11) is 0. The summed E-state index contributed by atoms with van der Waals surface area (Å²) in [6, 6.07) is 6.95. The summed E-state index contributed by atoms with van der Waals surface area (Å²) in [5.74, 6) is -1.33. The molecular formula is C12H7FN4O. The molecule has 1 N–H and O–H groups in total. The zero-order chi connectivity index (χ0) is 13.0. The molecule has 18 heavy (non-hydrogen) atoms. The number of hydrogen-bond donors (Lipinski definition) is 1. The minimum absolute atomic E-state index is 0.189. The third-order valence-corrected chi connectivity index (χ3v) is 2.18. The Morgan fingerprint density at radius 2 is 2.17 bits per heavy atom. The number of hydrogen-bond acceptors (Lipinski definition) is 4. The highest BCUT2D eigenvalue weighted by Gasteiger charge is 2.12. The van der Waals surface area contributed by atoms with E-state index in [1.165, 1.54) is 30.6 Å². The molecule has 0 spiro atoms. The molecule has 2 aromatic rings. The van der Waals surface area contributed by atoms with Crippen molar-refractivity contribution in [1.82, 2.24) is 10.2 Å². The first-order chi connectivity index (χ1) is 8.70. The van der Waals surface area contributed by atoms with Crippen LogP contribution in [0.1, 0.15) is 15.9 Å². The van der Waals surface area contributed by atoms with Crippen molar-refractivity contribution in [3.05, 3.63) is 53.6 Å². The van der Waals surface area contributed by atoms with Gasteiger partial charge in [0.15, 0.2) is 0 Å². The number of halogens is 1. The van der Waals surface area contributed by atoms with Crippen LogP contribution < -0.4 is 5.32 Å². The third kappa shape index (κ3) is 2.47. The van der Waals surface area contributed by atoms with Crippen LogP contribution in [0.15, 0.2) is 36.7 Å². The Labute approximate surface area is 102 Å². The molecular weight excluding hydrogens is 235 g/mol. The third-order valence-electron chi connectivity index (χ3n) is 2.18. The van der Waals surface area contributed by atoms with E-state index in [0.29, 0.717) is 5.69 Å². The van der Waals surface area contributed by atoms with Gasteiger partial charge in [-0.05, 0) is 24.3 Å². The van der Waals surface area contributed by atoms with Gasteiger partial charge in [-0.3, -0.25) is 4.79 Å². The molecule has 0 atom stereocenters. The Morgan fingerprint density at radius 3 is 2.83 bits per heavy atom. The normalized spacial score (nSPS) is 9.56. The van der Waals surface area contributed by atoms with Crippen LogP contribution in [0.5, 0.6) is 0 Å². The van der Waals surface area contributed by atoms with Crippen molar-refractivity contribution in [2.24, 2.45) is 0 Å². The first kappa shape index (κ1) is 11.7. The number of amides is 1. The fourth-order valence-corrected chi connectivity index (χ4v) is 1.33. The summed E-state index contributed by atoms with van der Waals surface area (Å²) < 4.78 is 13.5. The number of rotatable bonds is 2. The van der Waals surface area contributed by atoms with E-state index in [0.717, 1.165) is 6.07 Å². The van der Waals surface area contributed by atoms with E-state index >= 15 is 0 Å². The number of carbonyl (C=O) groups excluding carboxylic acids is 1. The van der Waals surface area contributed by atoms with Crippen LogP contribution in [0.2, 0.25) is 0 Å². The van der Waals surface area contributed by atoms with Crippen molar-refractivity contribution in [3.63, 3.8) is 0 Å². The molecule has 5 nitrogen and oxygen atoms in total. The molecule has 88 valence electrons. The minimum atomic E-state index is -0.687. The first-order valence-corrected chi connectivity index (χ1v) is 4.98. The summed E-state index contributed by atoms with van der Waals surface area (Å²) in [5.41, 5.74) is 0.428. The van der Waals surface area contributed by atoms with Crippen LogP contribution in [0.4, 0.5) is 10.1 Å². The molecule has 2 rings (SSSR count). The lowest BCUT2D eigenvalue weighted by atomic mass is 10.1. The van der Waals surface area contributed by atoms with E-state index < -0.39 is 11.7 Å². The highest BCUT2D eigenvalue weighted by Crippen LogP contribution is 2.12. The number of carbonyl (C=O) groups is 1. The van der Waals surface area contributed by atoms with E-state index in [1.807, 2.05) is 6.07 Å². The Hall–Kier alpha value is -2.81. The zero-order valence-corrected chi connectivity index (χ0v) is 9.09. The quantitative estimate of drug-likeness (QED) is 0.869. The monoisotopic (exact) mass is 242 g/mol. The molecule has 0 saturated heterocycles. The van der Waals surface area contributed by atoms with E-state index in [1.54, 1.807) is 0 Å². The smallest absolute Gasteiger partial charge is 0.258 e. The Bertz CT molecular complexity index is 622. The van der Waals surface area contributed by atoms with Crippen molar-refractivity contribution in [2.75, 3.05) is 5.32 Å².